The lowest BCUT2D eigenvalue weighted by Gasteiger charge is -2.17. The Labute approximate surface area is 125 Å². The van der Waals surface area contributed by atoms with Crippen molar-refractivity contribution in [2.24, 2.45) is 0 Å². The molecule has 1 unspecified atom stereocenters. The maximum Gasteiger partial charge on any atom is 0.246 e. The summed E-state index contributed by atoms with van der Waals surface area (Å²) in [5, 5.41) is 2.98. The van der Waals surface area contributed by atoms with Crippen LogP contribution in [-0.4, -0.2) is 28.1 Å². The summed E-state index contributed by atoms with van der Waals surface area (Å²) in [4.78, 5) is 15.9. The van der Waals surface area contributed by atoms with Crippen molar-refractivity contribution >= 4 is 5.91 Å². The number of benzene rings is 1. The Hall–Kier alpha value is -2.14. The van der Waals surface area contributed by atoms with Crippen molar-refractivity contribution in [1.29, 1.82) is 0 Å². The molecule has 1 aromatic heterocycles. The van der Waals surface area contributed by atoms with Crippen molar-refractivity contribution in [3.05, 3.63) is 54.6 Å². The van der Waals surface area contributed by atoms with Crippen molar-refractivity contribution in [1.82, 2.24) is 14.9 Å². The molecule has 0 radical (unpaired) electrons. The summed E-state index contributed by atoms with van der Waals surface area (Å²) in [5.74, 6) is -0.0853. The standard InChI is InChI=1S/C16H21N3O2/c1-2-15(10-19-9-8-17-13-19)18-16(20)12-21-11-14-6-4-3-5-7-14/h3-9,13,15H,2,10-12H2,1H3,(H,18,20). The SMILES string of the molecule is CCC(Cn1ccnc1)NC(=O)COCc1ccccc1. The van der Waals surface area contributed by atoms with Crippen LogP contribution in [0.3, 0.4) is 0 Å². The van der Waals surface area contributed by atoms with E-state index in [0.717, 1.165) is 18.5 Å². The predicted molar refractivity (Wildman–Crippen MR) is 80.5 cm³/mol. The van der Waals surface area contributed by atoms with Gasteiger partial charge < -0.3 is 14.6 Å². The molecule has 5 nitrogen and oxygen atoms in total. The van der Waals surface area contributed by atoms with Crippen LogP contribution in [-0.2, 0) is 22.7 Å². The molecule has 0 aliphatic rings. The smallest absolute Gasteiger partial charge is 0.246 e. The number of carbonyl (C=O) groups excluding carboxylic acids is 1. The number of imidazole rings is 1. The Morgan fingerprint density at radius 2 is 2.19 bits per heavy atom. The highest BCUT2D eigenvalue weighted by atomic mass is 16.5. The molecule has 0 bridgehead atoms. The molecule has 1 aromatic carbocycles. The molecule has 1 N–H and O–H groups in total. The van der Waals surface area contributed by atoms with Gasteiger partial charge in [-0.3, -0.25) is 4.79 Å². The summed E-state index contributed by atoms with van der Waals surface area (Å²) >= 11 is 0. The average molecular weight is 287 g/mol. The molecule has 112 valence electrons. The number of rotatable bonds is 8. The molecule has 0 saturated heterocycles. The van der Waals surface area contributed by atoms with E-state index in [1.807, 2.05) is 48.0 Å². The zero-order chi connectivity index (χ0) is 14.9. The van der Waals surface area contributed by atoms with Crippen molar-refractivity contribution in [2.75, 3.05) is 6.61 Å². The van der Waals surface area contributed by atoms with Gasteiger partial charge in [0.25, 0.3) is 0 Å². The molecule has 5 heteroatoms. The monoisotopic (exact) mass is 287 g/mol. The van der Waals surface area contributed by atoms with Crippen LogP contribution in [0.2, 0.25) is 0 Å². The fourth-order valence-corrected chi connectivity index (χ4v) is 2.03. The van der Waals surface area contributed by atoms with Gasteiger partial charge in [-0.25, -0.2) is 4.98 Å². The normalized spacial score (nSPS) is 12.0. The molecule has 1 amide bonds. The van der Waals surface area contributed by atoms with Crippen LogP contribution in [0, 0.1) is 0 Å². The van der Waals surface area contributed by atoms with Crippen LogP contribution < -0.4 is 5.32 Å². The molecular formula is C16H21N3O2. The zero-order valence-corrected chi connectivity index (χ0v) is 12.2. The summed E-state index contributed by atoms with van der Waals surface area (Å²) in [6, 6.07) is 9.91. The molecule has 0 aliphatic carbocycles. The maximum absolute atomic E-state index is 11.9. The van der Waals surface area contributed by atoms with Crippen LogP contribution in [0.1, 0.15) is 18.9 Å². The number of carbonyl (C=O) groups is 1. The van der Waals surface area contributed by atoms with Gasteiger partial charge in [0.1, 0.15) is 6.61 Å². The summed E-state index contributed by atoms with van der Waals surface area (Å²) in [7, 11) is 0. The summed E-state index contributed by atoms with van der Waals surface area (Å²) < 4.78 is 7.39. The second-order valence-corrected chi connectivity index (χ2v) is 4.91. The lowest BCUT2D eigenvalue weighted by atomic mass is 10.2. The molecule has 1 atom stereocenters. The second kappa shape index (κ2) is 8.21. The highest BCUT2D eigenvalue weighted by Gasteiger charge is 2.11. The predicted octanol–water partition coefficient (Wildman–Crippen LogP) is 1.99. The molecule has 0 aliphatic heterocycles. The van der Waals surface area contributed by atoms with Gasteiger partial charge in [0.2, 0.25) is 5.91 Å². The minimum atomic E-state index is -0.0853. The number of nitrogens with zero attached hydrogens (tertiary/aromatic N) is 2. The molecule has 1 heterocycles. The third kappa shape index (κ3) is 5.39. The van der Waals surface area contributed by atoms with Crippen molar-refractivity contribution in [3.8, 4) is 0 Å². The van der Waals surface area contributed by atoms with E-state index in [1.54, 1.807) is 12.5 Å². The van der Waals surface area contributed by atoms with E-state index in [1.165, 1.54) is 0 Å². The number of nitrogens with one attached hydrogen (secondary N) is 1. The molecule has 0 fully saturated rings. The quantitative estimate of drug-likeness (QED) is 0.808. The van der Waals surface area contributed by atoms with Gasteiger partial charge in [-0.1, -0.05) is 37.3 Å². The van der Waals surface area contributed by atoms with Crippen molar-refractivity contribution in [2.45, 2.75) is 32.5 Å². The average Bonchev–Trinajstić information content (AvgIpc) is 3.00. The fourth-order valence-electron chi connectivity index (χ4n) is 2.03. The van der Waals surface area contributed by atoms with Gasteiger partial charge in [0.15, 0.2) is 0 Å². The van der Waals surface area contributed by atoms with E-state index in [4.69, 9.17) is 4.74 Å². The number of hydrogen-bond donors (Lipinski definition) is 1. The first-order valence-corrected chi connectivity index (χ1v) is 7.14. The van der Waals surface area contributed by atoms with E-state index >= 15 is 0 Å². The van der Waals surface area contributed by atoms with Gasteiger partial charge in [-0.2, -0.15) is 0 Å². The van der Waals surface area contributed by atoms with Crippen molar-refractivity contribution in [3.63, 3.8) is 0 Å². The van der Waals surface area contributed by atoms with Crippen LogP contribution >= 0.6 is 0 Å². The Balaban J connectivity index is 1.70. The van der Waals surface area contributed by atoms with E-state index < -0.39 is 0 Å². The topological polar surface area (TPSA) is 56.2 Å². The number of amides is 1. The number of ether oxygens (including phenoxy) is 1. The summed E-state index contributed by atoms with van der Waals surface area (Å²) in [5.41, 5.74) is 1.07. The lowest BCUT2D eigenvalue weighted by Crippen LogP contribution is -2.39. The maximum atomic E-state index is 11.9. The Kier molecular flexibility index (Phi) is 5.97. The van der Waals surface area contributed by atoms with Crippen LogP contribution in [0.15, 0.2) is 49.1 Å². The van der Waals surface area contributed by atoms with Crippen molar-refractivity contribution < 1.29 is 9.53 Å². The minimum absolute atomic E-state index is 0.0787. The van der Waals surface area contributed by atoms with Gasteiger partial charge in [-0.15, -0.1) is 0 Å². The Morgan fingerprint density at radius 1 is 1.38 bits per heavy atom. The highest BCUT2D eigenvalue weighted by Crippen LogP contribution is 2.01. The minimum Gasteiger partial charge on any atom is -0.367 e. The van der Waals surface area contributed by atoms with E-state index in [9.17, 15) is 4.79 Å². The second-order valence-electron chi connectivity index (χ2n) is 4.91. The van der Waals surface area contributed by atoms with E-state index in [-0.39, 0.29) is 18.6 Å². The van der Waals surface area contributed by atoms with E-state index in [2.05, 4.69) is 10.3 Å². The molecular weight excluding hydrogens is 266 g/mol. The highest BCUT2D eigenvalue weighted by molar-refractivity contribution is 5.77. The largest absolute Gasteiger partial charge is 0.367 e. The molecule has 2 rings (SSSR count). The van der Waals surface area contributed by atoms with Crippen LogP contribution in [0.4, 0.5) is 0 Å². The van der Waals surface area contributed by atoms with E-state index in [0.29, 0.717) is 6.61 Å². The van der Waals surface area contributed by atoms with Gasteiger partial charge >= 0.3 is 0 Å². The molecule has 0 saturated carbocycles. The lowest BCUT2D eigenvalue weighted by molar-refractivity contribution is -0.126. The van der Waals surface area contributed by atoms with Crippen LogP contribution in [0.25, 0.3) is 0 Å². The van der Waals surface area contributed by atoms with Crippen LogP contribution in [0.5, 0.6) is 0 Å². The van der Waals surface area contributed by atoms with Gasteiger partial charge in [-0.05, 0) is 12.0 Å². The summed E-state index contributed by atoms with van der Waals surface area (Å²) in [6.45, 7) is 3.30. The van der Waals surface area contributed by atoms with Gasteiger partial charge in [0.05, 0.1) is 12.9 Å². The first-order chi connectivity index (χ1) is 10.3. The van der Waals surface area contributed by atoms with Gasteiger partial charge in [0, 0.05) is 25.0 Å². The zero-order valence-electron chi connectivity index (χ0n) is 12.2. The number of hydrogen-bond acceptors (Lipinski definition) is 3. The molecule has 2 aromatic rings. The Morgan fingerprint density at radius 3 is 2.86 bits per heavy atom. The summed E-state index contributed by atoms with van der Waals surface area (Å²) in [6.07, 6.45) is 6.24. The molecule has 21 heavy (non-hydrogen) atoms. The first kappa shape index (κ1) is 15.3. The Bertz CT molecular complexity index is 526. The first-order valence-electron chi connectivity index (χ1n) is 7.14. The third-order valence-electron chi connectivity index (χ3n) is 3.19. The fraction of sp³-hybridized carbons (Fsp3) is 0.375. The number of aromatic nitrogens is 2. The molecule has 0 spiro atoms. The third-order valence-corrected chi connectivity index (χ3v) is 3.19.